The minimum absolute atomic E-state index is 0.115. The molecule has 0 bridgehead atoms. The fourth-order valence-electron chi connectivity index (χ4n) is 5.07. The second kappa shape index (κ2) is 6.83. The predicted octanol–water partition coefficient (Wildman–Crippen LogP) is -0.223. The molecule has 2 fully saturated rings. The zero-order valence-electron chi connectivity index (χ0n) is 17.7. The van der Waals surface area contributed by atoms with Crippen LogP contribution >= 0.6 is 0 Å². The summed E-state index contributed by atoms with van der Waals surface area (Å²) in [6, 6.07) is 1.17. The molecule has 5 atom stereocenters. The SMILES string of the molecule is CNc1nc(-n2cc(-c3ncccn3)nn2)nc2c1ncn2[C@H]1C(O)C(O)[C@]2(C(C)=O)CC12. The van der Waals surface area contributed by atoms with Gasteiger partial charge in [-0.25, -0.2) is 15.0 Å². The van der Waals surface area contributed by atoms with E-state index < -0.39 is 23.7 Å². The normalized spacial score (nSPS) is 28.1. The first-order valence-electron chi connectivity index (χ1n) is 10.5. The lowest BCUT2D eigenvalue weighted by Crippen LogP contribution is -2.36. The van der Waals surface area contributed by atoms with Crippen molar-refractivity contribution >= 4 is 22.8 Å². The van der Waals surface area contributed by atoms with Crippen molar-refractivity contribution in [3.63, 3.8) is 0 Å². The number of ketones is 1. The van der Waals surface area contributed by atoms with Crippen LogP contribution in [0.25, 0.3) is 28.6 Å². The Labute approximate surface area is 186 Å². The summed E-state index contributed by atoms with van der Waals surface area (Å²) in [6.07, 6.45) is 4.68. The number of nitrogens with zero attached hydrogens (tertiary/aromatic N) is 9. The number of carbonyl (C=O) groups is 1. The Kier molecular flexibility index (Phi) is 4.10. The van der Waals surface area contributed by atoms with Gasteiger partial charge in [-0.05, 0) is 25.3 Å². The number of Topliss-reactive ketones (excluding diaryl/α,β-unsaturated/α-hetero) is 1. The van der Waals surface area contributed by atoms with Crippen LogP contribution < -0.4 is 5.32 Å². The number of rotatable bonds is 5. The largest absolute Gasteiger partial charge is 0.389 e. The van der Waals surface area contributed by atoms with Crippen LogP contribution in [0.4, 0.5) is 5.82 Å². The van der Waals surface area contributed by atoms with Crippen LogP contribution in [0, 0.1) is 11.3 Å². The zero-order chi connectivity index (χ0) is 22.9. The number of anilines is 1. The molecular weight excluding hydrogens is 428 g/mol. The second-order valence-corrected chi connectivity index (χ2v) is 8.40. The van der Waals surface area contributed by atoms with Crippen molar-refractivity contribution in [3.8, 4) is 17.5 Å². The topological polar surface area (TPSA) is 170 Å². The molecule has 168 valence electrons. The van der Waals surface area contributed by atoms with Crippen molar-refractivity contribution in [2.24, 2.45) is 11.3 Å². The number of imidazole rings is 1. The third kappa shape index (κ3) is 2.66. The number of hydrogen-bond acceptors (Lipinski definition) is 11. The summed E-state index contributed by atoms with van der Waals surface area (Å²) < 4.78 is 3.12. The molecule has 3 unspecified atom stereocenters. The summed E-state index contributed by atoms with van der Waals surface area (Å²) in [5.74, 6) is 0.798. The molecule has 13 heteroatoms. The minimum Gasteiger partial charge on any atom is -0.389 e. The number of aromatic nitrogens is 9. The molecule has 0 radical (unpaired) electrons. The molecule has 0 amide bonds. The monoisotopic (exact) mass is 448 g/mol. The fraction of sp³-hybridized carbons (Fsp3) is 0.400. The summed E-state index contributed by atoms with van der Waals surface area (Å²) in [6.45, 7) is 1.46. The lowest BCUT2D eigenvalue weighted by molar-refractivity contribution is -0.128. The molecule has 2 aliphatic rings. The Hall–Kier alpha value is -3.84. The lowest BCUT2D eigenvalue weighted by atomic mass is 9.95. The van der Waals surface area contributed by atoms with Gasteiger partial charge in [0.1, 0.15) is 11.9 Å². The maximum absolute atomic E-state index is 12.2. The van der Waals surface area contributed by atoms with Crippen molar-refractivity contribution in [2.45, 2.75) is 31.6 Å². The maximum atomic E-state index is 12.2. The molecule has 2 aliphatic carbocycles. The third-order valence-electron chi connectivity index (χ3n) is 6.79. The number of aliphatic hydroxyl groups is 2. The molecule has 4 heterocycles. The summed E-state index contributed by atoms with van der Waals surface area (Å²) in [5.41, 5.74) is 0.492. The second-order valence-electron chi connectivity index (χ2n) is 8.40. The van der Waals surface area contributed by atoms with Crippen LogP contribution in [0.1, 0.15) is 19.4 Å². The standard InChI is InChI=1S/C20H20N10O3/c1-9(31)20-6-10(20)13(14(32)15(20)33)29-8-24-12-17(21-2)25-19(26-18(12)29)30-7-11(27-28-30)16-22-4-3-5-23-16/h3-5,7-8,10,13-15,32-33H,6H2,1-2H3,(H,21,25,26)/t10?,13-,14?,15?,20+/m1/s1. The van der Waals surface area contributed by atoms with Crippen LogP contribution in [0.2, 0.25) is 0 Å². The van der Waals surface area contributed by atoms with Gasteiger partial charge < -0.3 is 20.1 Å². The molecule has 0 spiro atoms. The minimum atomic E-state index is -1.13. The number of carbonyl (C=O) groups excluding carboxylic acids is 1. The van der Waals surface area contributed by atoms with Crippen molar-refractivity contribution in [3.05, 3.63) is 31.0 Å². The first-order chi connectivity index (χ1) is 16.0. The molecule has 3 N–H and O–H groups in total. The van der Waals surface area contributed by atoms with E-state index in [1.807, 2.05) is 0 Å². The lowest BCUT2D eigenvalue weighted by Gasteiger charge is -2.23. The van der Waals surface area contributed by atoms with Crippen LogP contribution in [0.15, 0.2) is 31.0 Å². The number of fused-ring (bicyclic) bond motifs is 2. The maximum Gasteiger partial charge on any atom is 0.256 e. The molecular formula is C20H20N10O3. The van der Waals surface area contributed by atoms with E-state index in [0.717, 1.165) is 0 Å². The summed E-state index contributed by atoms with van der Waals surface area (Å²) in [7, 11) is 1.71. The van der Waals surface area contributed by atoms with E-state index in [-0.39, 0.29) is 17.6 Å². The van der Waals surface area contributed by atoms with Gasteiger partial charge in [-0.15, -0.1) is 5.10 Å². The van der Waals surface area contributed by atoms with E-state index >= 15 is 0 Å². The molecule has 33 heavy (non-hydrogen) atoms. The van der Waals surface area contributed by atoms with E-state index in [4.69, 9.17) is 0 Å². The van der Waals surface area contributed by atoms with Crippen LogP contribution in [-0.4, -0.2) is 79.7 Å². The predicted molar refractivity (Wildman–Crippen MR) is 113 cm³/mol. The molecule has 6 rings (SSSR count). The number of aliphatic hydroxyl groups excluding tert-OH is 2. The van der Waals surface area contributed by atoms with Crippen molar-refractivity contribution in [2.75, 3.05) is 12.4 Å². The Morgan fingerprint density at radius 1 is 1.21 bits per heavy atom. The third-order valence-corrected chi connectivity index (χ3v) is 6.79. The van der Waals surface area contributed by atoms with Gasteiger partial charge in [0.2, 0.25) is 0 Å². The van der Waals surface area contributed by atoms with E-state index in [9.17, 15) is 15.0 Å². The van der Waals surface area contributed by atoms with Crippen LogP contribution in [0.3, 0.4) is 0 Å². The average molecular weight is 448 g/mol. The Bertz CT molecular complexity index is 1390. The Morgan fingerprint density at radius 2 is 2.00 bits per heavy atom. The molecule has 4 aromatic rings. The molecule has 13 nitrogen and oxygen atoms in total. The van der Waals surface area contributed by atoms with Crippen LogP contribution in [-0.2, 0) is 4.79 Å². The highest BCUT2D eigenvalue weighted by atomic mass is 16.3. The van der Waals surface area contributed by atoms with Crippen LogP contribution in [0.5, 0.6) is 0 Å². The number of hydrogen-bond donors (Lipinski definition) is 3. The molecule has 0 saturated heterocycles. The quantitative estimate of drug-likeness (QED) is 0.369. The van der Waals surface area contributed by atoms with Gasteiger partial charge in [-0.1, -0.05) is 5.21 Å². The van der Waals surface area contributed by atoms with Gasteiger partial charge in [0.05, 0.1) is 30.1 Å². The highest BCUT2D eigenvalue weighted by molar-refractivity contribution is 5.88. The van der Waals surface area contributed by atoms with Gasteiger partial charge in [0.15, 0.2) is 28.5 Å². The van der Waals surface area contributed by atoms with Crippen molar-refractivity contribution in [1.29, 1.82) is 0 Å². The Balaban J connectivity index is 1.45. The molecule has 0 aliphatic heterocycles. The van der Waals surface area contributed by atoms with Gasteiger partial charge in [-0.3, -0.25) is 4.79 Å². The Morgan fingerprint density at radius 3 is 2.70 bits per heavy atom. The van der Waals surface area contributed by atoms with Gasteiger partial charge in [0.25, 0.3) is 5.95 Å². The highest BCUT2D eigenvalue weighted by Crippen LogP contribution is 2.68. The van der Waals surface area contributed by atoms with E-state index in [1.54, 1.807) is 42.6 Å². The van der Waals surface area contributed by atoms with Gasteiger partial charge >= 0.3 is 0 Å². The van der Waals surface area contributed by atoms with E-state index in [1.165, 1.54) is 11.6 Å². The molecule has 4 aromatic heterocycles. The highest BCUT2D eigenvalue weighted by Gasteiger charge is 2.74. The first kappa shape index (κ1) is 19.8. The fourth-order valence-corrected chi connectivity index (χ4v) is 5.07. The molecule has 2 saturated carbocycles. The van der Waals surface area contributed by atoms with E-state index in [0.29, 0.717) is 34.9 Å². The van der Waals surface area contributed by atoms with Crippen molar-refractivity contribution in [1.82, 2.24) is 44.5 Å². The van der Waals surface area contributed by atoms with Gasteiger partial charge in [-0.2, -0.15) is 14.6 Å². The summed E-state index contributed by atoms with van der Waals surface area (Å²) in [4.78, 5) is 34.2. The smallest absolute Gasteiger partial charge is 0.256 e. The van der Waals surface area contributed by atoms with E-state index in [2.05, 4.69) is 40.5 Å². The summed E-state index contributed by atoms with van der Waals surface area (Å²) in [5, 5.41) is 32.7. The first-order valence-corrected chi connectivity index (χ1v) is 10.5. The summed E-state index contributed by atoms with van der Waals surface area (Å²) >= 11 is 0. The molecule has 0 aromatic carbocycles. The zero-order valence-corrected chi connectivity index (χ0v) is 17.7. The average Bonchev–Trinajstić information content (AvgIpc) is 3.10. The van der Waals surface area contributed by atoms with Crippen molar-refractivity contribution < 1.29 is 15.0 Å². The van der Waals surface area contributed by atoms with Gasteiger partial charge in [0, 0.05) is 19.4 Å². The number of nitrogens with one attached hydrogen (secondary N) is 1.